The molecule has 1 N–H and O–H groups in total. The van der Waals surface area contributed by atoms with Crippen molar-refractivity contribution in [3.63, 3.8) is 0 Å². The van der Waals surface area contributed by atoms with Gasteiger partial charge in [0.2, 0.25) is 0 Å². The third kappa shape index (κ3) is 3.57. The van der Waals surface area contributed by atoms with E-state index in [1.807, 2.05) is 68.4 Å². The first-order valence-electron chi connectivity index (χ1n) is 10.3. The number of carbonyl (C=O) groups is 1. The Morgan fingerprint density at radius 2 is 1.76 bits per heavy atom. The number of benzene rings is 2. The molecule has 0 bridgehead atoms. The fraction of sp³-hybridized carbons (Fsp3) is 0.125. The maximum absolute atomic E-state index is 13.1. The molecule has 0 unspecified atom stereocenters. The number of para-hydroxylation sites is 1. The number of halogens is 1. The van der Waals surface area contributed by atoms with Crippen molar-refractivity contribution in [2.75, 3.05) is 5.32 Å². The quantitative estimate of drug-likeness (QED) is 0.391. The molecule has 9 heteroatoms. The van der Waals surface area contributed by atoms with Gasteiger partial charge in [0.15, 0.2) is 0 Å². The highest BCUT2D eigenvalue weighted by atomic mass is 35.5. The van der Waals surface area contributed by atoms with Crippen molar-refractivity contribution in [2.24, 2.45) is 7.05 Å². The lowest BCUT2D eigenvalue weighted by atomic mass is 10.3. The van der Waals surface area contributed by atoms with Gasteiger partial charge in [0, 0.05) is 17.5 Å². The number of hydrogen-bond acceptors (Lipinski definition) is 4. The summed E-state index contributed by atoms with van der Waals surface area (Å²) >= 11 is 7.47. The van der Waals surface area contributed by atoms with Crippen LogP contribution in [0.25, 0.3) is 21.6 Å². The number of aromatic nitrogens is 4. The minimum Gasteiger partial charge on any atom is -0.315 e. The zero-order valence-corrected chi connectivity index (χ0v) is 19.7. The van der Waals surface area contributed by atoms with Crippen LogP contribution in [-0.2, 0) is 7.05 Å². The average Bonchev–Trinajstić information content (AvgIpc) is 3.43. The smallest absolute Gasteiger partial charge is 0.295 e. The molecular formula is C24H20ClN5O2S. The Morgan fingerprint density at radius 1 is 1.03 bits per heavy atom. The van der Waals surface area contributed by atoms with E-state index < -0.39 is 0 Å². The lowest BCUT2D eigenvalue weighted by molar-refractivity contribution is 0.103. The van der Waals surface area contributed by atoms with Crippen LogP contribution in [0.4, 0.5) is 5.69 Å². The number of anilines is 1. The predicted octanol–water partition coefficient (Wildman–Crippen LogP) is 5.10. The Hall–Kier alpha value is -3.62. The van der Waals surface area contributed by atoms with Gasteiger partial charge in [-0.1, -0.05) is 35.9 Å². The van der Waals surface area contributed by atoms with Crippen LogP contribution in [0.5, 0.6) is 0 Å². The van der Waals surface area contributed by atoms with Crippen LogP contribution >= 0.6 is 22.9 Å². The first-order chi connectivity index (χ1) is 15.8. The second-order valence-corrected chi connectivity index (χ2v) is 9.16. The van der Waals surface area contributed by atoms with Crippen molar-refractivity contribution in [2.45, 2.75) is 13.8 Å². The number of hydrogen-bond donors (Lipinski definition) is 1. The number of thiophene rings is 1. The van der Waals surface area contributed by atoms with Gasteiger partial charge in [-0.15, -0.1) is 11.3 Å². The summed E-state index contributed by atoms with van der Waals surface area (Å²) < 4.78 is 5.06. The van der Waals surface area contributed by atoms with E-state index >= 15 is 0 Å². The SMILES string of the molecule is Cc1nn(-c2cccc(Cl)c2)c2sc(C(=O)Nc3c(C)n(C)n(-c4ccccc4)c3=O)cc12. The number of carbonyl (C=O) groups excluding carboxylic acids is 1. The number of nitrogens with one attached hydrogen (secondary N) is 1. The fourth-order valence-electron chi connectivity index (χ4n) is 3.83. The summed E-state index contributed by atoms with van der Waals surface area (Å²) in [5.74, 6) is -0.334. The Bertz CT molecular complexity index is 1580. The molecule has 0 aliphatic rings. The average molecular weight is 478 g/mol. The molecule has 2 aromatic carbocycles. The molecule has 5 aromatic rings. The van der Waals surface area contributed by atoms with Crippen molar-refractivity contribution in [1.82, 2.24) is 19.1 Å². The first-order valence-corrected chi connectivity index (χ1v) is 11.4. The molecule has 0 saturated heterocycles. The summed E-state index contributed by atoms with van der Waals surface area (Å²) in [5, 5.41) is 8.93. The number of fused-ring (bicyclic) bond motifs is 1. The molecule has 0 radical (unpaired) electrons. The molecule has 3 heterocycles. The van der Waals surface area contributed by atoms with Crippen LogP contribution in [0.15, 0.2) is 65.5 Å². The summed E-state index contributed by atoms with van der Waals surface area (Å²) in [4.78, 5) is 27.6. The Labute approximate surface area is 198 Å². The second kappa shape index (κ2) is 8.06. The monoisotopic (exact) mass is 477 g/mol. The molecule has 33 heavy (non-hydrogen) atoms. The molecule has 0 aliphatic carbocycles. The van der Waals surface area contributed by atoms with Gasteiger partial charge >= 0.3 is 0 Å². The van der Waals surface area contributed by atoms with Crippen molar-refractivity contribution in [3.8, 4) is 11.4 Å². The summed E-state index contributed by atoms with van der Waals surface area (Å²) in [6.07, 6.45) is 0. The number of rotatable bonds is 4. The van der Waals surface area contributed by atoms with E-state index in [-0.39, 0.29) is 17.2 Å². The van der Waals surface area contributed by atoms with Crippen molar-refractivity contribution < 1.29 is 4.79 Å². The standard InChI is InChI=1S/C24H20ClN5O2S/c1-14-19-13-20(33-24(19)29(27-14)18-11-7-8-16(25)12-18)22(31)26-21-15(2)28(3)30(23(21)32)17-9-5-4-6-10-17/h4-13H,1-3H3,(H,26,31). The zero-order valence-electron chi connectivity index (χ0n) is 18.2. The summed E-state index contributed by atoms with van der Waals surface area (Å²) in [6, 6.07) is 18.5. The molecule has 7 nitrogen and oxygen atoms in total. The van der Waals surface area contributed by atoms with Gasteiger partial charge in [0.25, 0.3) is 11.5 Å². The van der Waals surface area contributed by atoms with Crippen LogP contribution in [0.3, 0.4) is 0 Å². The van der Waals surface area contributed by atoms with Gasteiger partial charge in [-0.25, -0.2) is 9.36 Å². The maximum atomic E-state index is 13.1. The minimum atomic E-state index is -0.334. The number of nitrogens with zero attached hydrogens (tertiary/aromatic N) is 4. The van der Waals surface area contributed by atoms with Gasteiger partial charge in [0.1, 0.15) is 10.5 Å². The van der Waals surface area contributed by atoms with Crippen molar-refractivity contribution >= 4 is 44.7 Å². The van der Waals surface area contributed by atoms with E-state index in [4.69, 9.17) is 11.6 Å². The van der Waals surface area contributed by atoms with Crippen LogP contribution < -0.4 is 10.9 Å². The van der Waals surface area contributed by atoms with Crippen LogP contribution in [0, 0.1) is 13.8 Å². The highest BCUT2D eigenvalue weighted by molar-refractivity contribution is 7.20. The van der Waals surface area contributed by atoms with Crippen molar-refractivity contribution in [3.05, 3.63) is 92.3 Å². The molecule has 5 rings (SSSR count). The molecule has 3 aromatic heterocycles. The van der Waals surface area contributed by atoms with Gasteiger partial charge in [-0.2, -0.15) is 5.10 Å². The molecule has 166 valence electrons. The lowest BCUT2D eigenvalue weighted by Crippen LogP contribution is -2.22. The van der Waals surface area contributed by atoms with Gasteiger partial charge in [0.05, 0.1) is 27.6 Å². The van der Waals surface area contributed by atoms with Crippen LogP contribution in [-0.4, -0.2) is 25.1 Å². The van der Waals surface area contributed by atoms with E-state index in [1.54, 1.807) is 22.5 Å². The Morgan fingerprint density at radius 3 is 2.48 bits per heavy atom. The molecule has 0 spiro atoms. The highest BCUT2D eigenvalue weighted by Gasteiger charge is 2.22. The van der Waals surface area contributed by atoms with Crippen LogP contribution in [0.1, 0.15) is 21.1 Å². The number of amides is 1. The van der Waals surface area contributed by atoms with E-state index in [0.29, 0.717) is 15.6 Å². The van der Waals surface area contributed by atoms with E-state index in [2.05, 4.69) is 10.4 Å². The second-order valence-electron chi connectivity index (χ2n) is 7.70. The molecule has 0 atom stereocenters. The topological polar surface area (TPSA) is 73.8 Å². The maximum Gasteiger partial charge on any atom is 0.295 e. The summed E-state index contributed by atoms with van der Waals surface area (Å²) in [7, 11) is 1.79. The summed E-state index contributed by atoms with van der Waals surface area (Å²) in [6.45, 7) is 3.71. The third-order valence-electron chi connectivity index (χ3n) is 5.61. The molecule has 0 fully saturated rings. The van der Waals surface area contributed by atoms with E-state index in [0.717, 1.165) is 27.3 Å². The molecule has 0 saturated carbocycles. The molecule has 1 amide bonds. The van der Waals surface area contributed by atoms with Gasteiger partial charge in [-0.05, 0) is 50.2 Å². The highest BCUT2D eigenvalue weighted by Crippen LogP contribution is 2.31. The van der Waals surface area contributed by atoms with Crippen LogP contribution in [0.2, 0.25) is 5.02 Å². The summed E-state index contributed by atoms with van der Waals surface area (Å²) in [5.41, 5.74) is 3.00. The first kappa shape index (κ1) is 21.2. The van der Waals surface area contributed by atoms with E-state index in [1.165, 1.54) is 16.0 Å². The molecular weight excluding hydrogens is 458 g/mol. The minimum absolute atomic E-state index is 0.261. The van der Waals surface area contributed by atoms with E-state index in [9.17, 15) is 9.59 Å². The Kier molecular flexibility index (Phi) is 5.19. The van der Waals surface area contributed by atoms with Gasteiger partial charge in [-0.3, -0.25) is 14.3 Å². The fourth-order valence-corrected chi connectivity index (χ4v) is 5.09. The van der Waals surface area contributed by atoms with Gasteiger partial charge < -0.3 is 5.32 Å². The molecule has 0 aliphatic heterocycles. The predicted molar refractivity (Wildman–Crippen MR) is 132 cm³/mol. The zero-order chi connectivity index (χ0) is 23.3. The Balaban J connectivity index is 1.52. The largest absolute Gasteiger partial charge is 0.315 e. The third-order valence-corrected chi connectivity index (χ3v) is 6.96. The normalized spacial score (nSPS) is 11.3. The number of aryl methyl sites for hydroxylation is 1. The van der Waals surface area contributed by atoms with Crippen molar-refractivity contribution in [1.29, 1.82) is 0 Å². The lowest BCUT2D eigenvalue weighted by Gasteiger charge is -2.07.